The van der Waals surface area contributed by atoms with Gasteiger partial charge in [-0.25, -0.2) is 0 Å². The summed E-state index contributed by atoms with van der Waals surface area (Å²) in [6.45, 7) is 0.278. The van der Waals surface area contributed by atoms with Crippen molar-refractivity contribution in [3.8, 4) is 5.75 Å². The highest BCUT2D eigenvalue weighted by atomic mass is 16.6. The Hall–Kier alpha value is -3.91. The number of benzene rings is 2. The number of hydrogen-bond donors (Lipinski definition) is 3. The molecule has 2 amide bonds. The fraction of sp³-hybridized carbons (Fsp3) is 0.321. The summed E-state index contributed by atoms with van der Waals surface area (Å²) in [5, 5.41) is 26.7. The lowest BCUT2D eigenvalue weighted by Gasteiger charge is -2.24. The van der Waals surface area contributed by atoms with Crippen molar-refractivity contribution in [1.29, 1.82) is 0 Å². The van der Waals surface area contributed by atoms with Crippen molar-refractivity contribution in [2.24, 2.45) is 5.16 Å². The van der Waals surface area contributed by atoms with Gasteiger partial charge in [-0.15, -0.1) is 0 Å². The Labute approximate surface area is 210 Å². The summed E-state index contributed by atoms with van der Waals surface area (Å²) in [5.74, 6) is -0.418. The maximum absolute atomic E-state index is 13.4. The van der Waals surface area contributed by atoms with Crippen LogP contribution >= 0.6 is 0 Å². The van der Waals surface area contributed by atoms with Crippen molar-refractivity contribution in [2.45, 2.75) is 37.8 Å². The summed E-state index contributed by atoms with van der Waals surface area (Å²) in [5.41, 5.74) is 3.95. The van der Waals surface area contributed by atoms with Crippen molar-refractivity contribution in [3.05, 3.63) is 83.4 Å². The van der Waals surface area contributed by atoms with Crippen LogP contribution in [0.1, 0.15) is 53.3 Å². The molecule has 1 fully saturated rings. The first kappa shape index (κ1) is 25.2. The number of carbonyl (C=O) groups is 2. The third kappa shape index (κ3) is 6.20. The second-order valence-corrected chi connectivity index (χ2v) is 8.97. The Morgan fingerprint density at radius 2 is 2.00 bits per heavy atom. The van der Waals surface area contributed by atoms with Gasteiger partial charge in [0.25, 0.3) is 5.91 Å². The Bertz CT molecular complexity index is 1190. The second-order valence-electron chi connectivity index (χ2n) is 8.97. The number of aromatic hydroxyl groups is 1. The molecule has 2 aromatic carbocycles. The Balaban J connectivity index is 1.40. The van der Waals surface area contributed by atoms with Crippen LogP contribution in [0.5, 0.6) is 5.75 Å². The third-order valence-electron chi connectivity index (χ3n) is 6.37. The van der Waals surface area contributed by atoms with Crippen LogP contribution in [0.3, 0.4) is 0 Å². The highest BCUT2D eigenvalue weighted by Crippen LogP contribution is 2.25. The van der Waals surface area contributed by atoms with Crippen molar-refractivity contribution in [2.75, 3.05) is 20.2 Å². The molecule has 2 aliphatic rings. The number of nitrogens with zero attached hydrogens (tertiary/aromatic N) is 2. The summed E-state index contributed by atoms with van der Waals surface area (Å²) in [6, 6.07) is 13.4. The molecule has 0 aromatic heterocycles. The van der Waals surface area contributed by atoms with E-state index < -0.39 is 6.10 Å². The summed E-state index contributed by atoms with van der Waals surface area (Å²) < 4.78 is 0. The molecule has 1 aliphatic carbocycles. The number of rotatable bonds is 8. The lowest BCUT2D eigenvalue weighted by molar-refractivity contribution is -0.122. The highest BCUT2D eigenvalue weighted by molar-refractivity contribution is 6.01. The van der Waals surface area contributed by atoms with E-state index in [1.807, 2.05) is 24.3 Å². The predicted octanol–water partition coefficient (Wildman–Crippen LogP) is 3.58. The van der Waals surface area contributed by atoms with Gasteiger partial charge in [0.1, 0.15) is 12.9 Å². The molecule has 188 valence electrons. The van der Waals surface area contributed by atoms with Gasteiger partial charge < -0.3 is 25.3 Å². The number of amides is 2. The van der Waals surface area contributed by atoms with Crippen molar-refractivity contribution in [3.63, 3.8) is 0 Å². The normalized spacial score (nSPS) is 19.2. The Morgan fingerprint density at radius 1 is 1.19 bits per heavy atom. The minimum Gasteiger partial charge on any atom is -0.508 e. The number of aliphatic hydroxyl groups is 1. The van der Waals surface area contributed by atoms with Crippen molar-refractivity contribution < 1.29 is 24.6 Å². The van der Waals surface area contributed by atoms with Crippen molar-refractivity contribution in [1.82, 2.24) is 10.2 Å². The van der Waals surface area contributed by atoms with Crippen LogP contribution in [0.15, 0.2) is 71.9 Å². The standard InChI is InChI=1S/C28H31N3O5/c1-36-30-23-15-24(16-27(34)29-17-26(33)22-8-5-9-25(32)14-22)31(18-23)28(35)21-12-10-20(11-13-21)19-6-3-2-4-7-19/h3,5-14,24,26,32-33H,2,4,15-18H2,1H3,(H,29,34)/t24-,26?/m0/s1. The molecule has 1 saturated heterocycles. The van der Waals surface area contributed by atoms with Gasteiger partial charge in [-0.05, 0) is 53.8 Å². The highest BCUT2D eigenvalue weighted by Gasteiger charge is 2.35. The maximum Gasteiger partial charge on any atom is 0.254 e. The van der Waals surface area contributed by atoms with Gasteiger partial charge in [0.05, 0.1) is 18.4 Å². The van der Waals surface area contributed by atoms with Gasteiger partial charge in [-0.2, -0.15) is 0 Å². The largest absolute Gasteiger partial charge is 0.508 e. The molecule has 4 rings (SSSR count). The third-order valence-corrected chi connectivity index (χ3v) is 6.37. The molecular formula is C28H31N3O5. The number of nitrogens with one attached hydrogen (secondary N) is 1. The van der Waals surface area contributed by atoms with Crippen LogP contribution in [-0.4, -0.2) is 58.9 Å². The van der Waals surface area contributed by atoms with Gasteiger partial charge >= 0.3 is 0 Å². The topological polar surface area (TPSA) is 111 Å². The number of likely N-dealkylation sites (tertiary alicyclic amines) is 1. The van der Waals surface area contributed by atoms with Gasteiger partial charge in [0.2, 0.25) is 5.91 Å². The molecule has 1 heterocycles. The number of carbonyl (C=O) groups excluding carboxylic acids is 2. The first-order valence-corrected chi connectivity index (χ1v) is 12.1. The summed E-state index contributed by atoms with van der Waals surface area (Å²) >= 11 is 0. The summed E-state index contributed by atoms with van der Waals surface area (Å²) in [6.07, 6.45) is 8.03. The van der Waals surface area contributed by atoms with Crippen LogP contribution in [0, 0.1) is 0 Å². The average molecular weight is 490 g/mol. The van der Waals surface area contributed by atoms with Crippen LogP contribution < -0.4 is 5.32 Å². The van der Waals surface area contributed by atoms with E-state index >= 15 is 0 Å². The first-order chi connectivity index (χ1) is 17.4. The van der Waals surface area contributed by atoms with Gasteiger partial charge in [-0.1, -0.05) is 47.6 Å². The molecule has 0 radical (unpaired) electrons. The van der Waals surface area contributed by atoms with E-state index in [4.69, 9.17) is 4.84 Å². The van der Waals surface area contributed by atoms with E-state index in [1.54, 1.807) is 17.0 Å². The van der Waals surface area contributed by atoms with E-state index in [0.717, 1.165) is 24.0 Å². The minimum absolute atomic E-state index is 0.00622. The molecule has 1 aliphatic heterocycles. The zero-order chi connectivity index (χ0) is 25.5. The van der Waals surface area contributed by atoms with Crippen molar-refractivity contribution >= 4 is 23.1 Å². The van der Waals surface area contributed by atoms with Gasteiger partial charge in [0, 0.05) is 31.0 Å². The lowest BCUT2D eigenvalue weighted by atomic mass is 9.98. The van der Waals surface area contributed by atoms with Crippen LogP contribution in [0.4, 0.5) is 0 Å². The number of phenolic OH excluding ortho intramolecular Hbond substituents is 1. The van der Waals surface area contributed by atoms with Crippen LogP contribution in [0.2, 0.25) is 0 Å². The Morgan fingerprint density at radius 3 is 2.69 bits per heavy atom. The lowest BCUT2D eigenvalue weighted by Crippen LogP contribution is -2.40. The monoisotopic (exact) mass is 489 g/mol. The zero-order valence-electron chi connectivity index (χ0n) is 20.3. The fourth-order valence-electron chi connectivity index (χ4n) is 4.53. The number of phenols is 1. The molecule has 3 N–H and O–H groups in total. The molecule has 2 aromatic rings. The summed E-state index contributed by atoms with van der Waals surface area (Å²) in [7, 11) is 1.45. The van der Waals surface area contributed by atoms with E-state index in [-0.39, 0.29) is 43.1 Å². The van der Waals surface area contributed by atoms with E-state index in [9.17, 15) is 19.8 Å². The fourth-order valence-corrected chi connectivity index (χ4v) is 4.53. The second kappa shape index (κ2) is 11.7. The van der Waals surface area contributed by atoms with E-state index in [1.165, 1.54) is 19.2 Å². The molecule has 0 bridgehead atoms. The molecule has 2 atom stereocenters. The van der Waals surface area contributed by atoms with E-state index in [2.05, 4.69) is 28.7 Å². The average Bonchev–Trinajstić information content (AvgIpc) is 3.29. The molecule has 0 saturated carbocycles. The molecule has 8 heteroatoms. The minimum atomic E-state index is -0.958. The van der Waals surface area contributed by atoms with E-state index in [0.29, 0.717) is 23.3 Å². The number of aliphatic hydroxyl groups excluding tert-OH is 1. The summed E-state index contributed by atoms with van der Waals surface area (Å²) in [4.78, 5) is 32.6. The number of hydrogen-bond acceptors (Lipinski definition) is 6. The number of oxime groups is 1. The maximum atomic E-state index is 13.4. The molecule has 8 nitrogen and oxygen atoms in total. The smallest absolute Gasteiger partial charge is 0.254 e. The molecule has 36 heavy (non-hydrogen) atoms. The number of allylic oxidation sites excluding steroid dienone is 4. The zero-order valence-corrected chi connectivity index (χ0v) is 20.3. The van der Waals surface area contributed by atoms with Crippen LogP contribution in [-0.2, 0) is 9.63 Å². The molecular weight excluding hydrogens is 458 g/mol. The molecule has 1 unspecified atom stereocenters. The van der Waals surface area contributed by atoms with Gasteiger partial charge in [0.15, 0.2) is 0 Å². The predicted molar refractivity (Wildman–Crippen MR) is 137 cm³/mol. The Kier molecular flexibility index (Phi) is 8.17. The van der Waals surface area contributed by atoms with Crippen LogP contribution in [0.25, 0.3) is 5.57 Å². The van der Waals surface area contributed by atoms with Gasteiger partial charge in [-0.3, -0.25) is 9.59 Å². The molecule has 0 spiro atoms. The first-order valence-electron chi connectivity index (χ1n) is 12.1. The quantitative estimate of drug-likeness (QED) is 0.491. The SMILES string of the molecule is CON=C1C[C@@H](CC(=O)NCC(O)c2cccc(O)c2)N(C(=O)c2ccc(C3=CCCC=C3)cc2)C1.